The van der Waals surface area contributed by atoms with E-state index in [0.29, 0.717) is 12.5 Å². The Morgan fingerprint density at radius 3 is 2.52 bits per heavy atom. The van der Waals surface area contributed by atoms with Crippen LogP contribution in [0, 0.1) is 11.8 Å². The lowest BCUT2D eigenvalue weighted by Gasteiger charge is -2.27. The fraction of sp³-hybridized carbons (Fsp3) is 0.882. The van der Waals surface area contributed by atoms with E-state index in [1.54, 1.807) is 0 Å². The van der Waals surface area contributed by atoms with E-state index in [0.717, 1.165) is 43.9 Å². The van der Waals surface area contributed by atoms with Crippen LogP contribution in [0.2, 0.25) is 0 Å². The monoisotopic (exact) mass is 436 g/mol. The van der Waals surface area contributed by atoms with Crippen molar-refractivity contribution < 1.29 is 4.79 Å². The second-order valence-corrected chi connectivity index (χ2v) is 6.90. The van der Waals surface area contributed by atoms with Crippen molar-refractivity contribution >= 4 is 35.8 Å². The highest BCUT2D eigenvalue weighted by atomic mass is 127. The second-order valence-electron chi connectivity index (χ2n) is 6.90. The number of likely N-dealkylation sites (tertiary alicyclic amines) is 1. The molecule has 1 amide bonds. The topological polar surface area (TPSA) is 56.7 Å². The highest BCUT2D eigenvalue weighted by Crippen LogP contribution is 2.27. The van der Waals surface area contributed by atoms with Gasteiger partial charge in [-0.3, -0.25) is 9.79 Å². The SMILES string of the molecule is CCC(=O)N1CCC(NC(=NC)NCC2CCC(C)CC2)C1.I. The molecule has 1 saturated carbocycles. The van der Waals surface area contributed by atoms with Gasteiger partial charge in [0.25, 0.3) is 0 Å². The van der Waals surface area contributed by atoms with E-state index in [1.165, 1.54) is 25.7 Å². The van der Waals surface area contributed by atoms with E-state index >= 15 is 0 Å². The summed E-state index contributed by atoms with van der Waals surface area (Å²) in [6, 6.07) is 0.327. The Morgan fingerprint density at radius 2 is 1.91 bits per heavy atom. The molecule has 1 unspecified atom stereocenters. The number of hydrogen-bond acceptors (Lipinski definition) is 2. The van der Waals surface area contributed by atoms with Crippen LogP contribution >= 0.6 is 24.0 Å². The summed E-state index contributed by atoms with van der Waals surface area (Å²) in [4.78, 5) is 18.0. The summed E-state index contributed by atoms with van der Waals surface area (Å²) in [5.74, 6) is 2.81. The molecular formula is C17H33IN4O. The number of nitrogens with zero attached hydrogens (tertiary/aromatic N) is 2. The Hall–Kier alpha value is -0.530. The zero-order valence-corrected chi connectivity index (χ0v) is 17.1. The van der Waals surface area contributed by atoms with Crippen molar-refractivity contribution in [1.29, 1.82) is 0 Å². The van der Waals surface area contributed by atoms with E-state index in [2.05, 4.69) is 22.5 Å². The molecule has 6 heteroatoms. The van der Waals surface area contributed by atoms with Crippen LogP contribution in [-0.4, -0.2) is 49.5 Å². The van der Waals surface area contributed by atoms with Crippen LogP contribution in [0.15, 0.2) is 4.99 Å². The lowest BCUT2D eigenvalue weighted by atomic mass is 9.83. The van der Waals surface area contributed by atoms with Crippen LogP contribution in [0.4, 0.5) is 0 Å². The molecule has 0 spiro atoms. The predicted molar refractivity (Wildman–Crippen MR) is 106 cm³/mol. The van der Waals surface area contributed by atoms with Crippen molar-refractivity contribution in [3.05, 3.63) is 0 Å². The maximum atomic E-state index is 11.7. The summed E-state index contributed by atoms with van der Waals surface area (Å²) in [6.07, 6.45) is 6.97. The molecule has 1 atom stereocenters. The molecule has 2 rings (SSSR count). The molecule has 0 radical (unpaired) electrons. The van der Waals surface area contributed by atoms with E-state index in [1.807, 2.05) is 18.9 Å². The fourth-order valence-corrected chi connectivity index (χ4v) is 3.49. The number of carbonyl (C=O) groups is 1. The first-order chi connectivity index (χ1) is 10.6. The Balaban J connectivity index is 0.00000264. The molecule has 1 saturated heterocycles. The van der Waals surface area contributed by atoms with Gasteiger partial charge in [-0.05, 0) is 31.1 Å². The molecule has 0 bridgehead atoms. The molecule has 1 aliphatic heterocycles. The summed E-state index contributed by atoms with van der Waals surface area (Å²) < 4.78 is 0. The van der Waals surface area contributed by atoms with Crippen molar-refractivity contribution in [3.8, 4) is 0 Å². The van der Waals surface area contributed by atoms with Gasteiger partial charge < -0.3 is 15.5 Å². The van der Waals surface area contributed by atoms with Gasteiger partial charge in [-0.2, -0.15) is 0 Å². The van der Waals surface area contributed by atoms with Crippen LogP contribution in [0.5, 0.6) is 0 Å². The minimum Gasteiger partial charge on any atom is -0.356 e. The minimum atomic E-state index is 0. The highest BCUT2D eigenvalue weighted by Gasteiger charge is 2.26. The summed E-state index contributed by atoms with van der Waals surface area (Å²) in [6.45, 7) is 6.95. The normalized spacial score (nSPS) is 28.2. The third-order valence-electron chi connectivity index (χ3n) is 5.10. The molecule has 2 N–H and O–H groups in total. The van der Waals surface area contributed by atoms with Crippen molar-refractivity contribution in [3.63, 3.8) is 0 Å². The highest BCUT2D eigenvalue weighted by molar-refractivity contribution is 14.0. The van der Waals surface area contributed by atoms with Crippen molar-refractivity contribution in [2.45, 2.75) is 58.4 Å². The van der Waals surface area contributed by atoms with Gasteiger partial charge in [0.15, 0.2) is 5.96 Å². The fourth-order valence-electron chi connectivity index (χ4n) is 3.49. The van der Waals surface area contributed by atoms with Crippen LogP contribution in [0.3, 0.4) is 0 Å². The first-order valence-electron chi connectivity index (χ1n) is 8.87. The third-order valence-corrected chi connectivity index (χ3v) is 5.10. The average molecular weight is 436 g/mol. The number of aliphatic imine (C=N–C) groups is 1. The summed E-state index contributed by atoms with van der Waals surface area (Å²) >= 11 is 0. The lowest BCUT2D eigenvalue weighted by Crippen LogP contribution is -2.46. The number of hydrogen-bond donors (Lipinski definition) is 2. The number of halogens is 1. The zero-order valence-electron chi connectivity index (χ0n) is 14.8. The van der Waals surface area contributed by atoms with E-state index in [-0.39, 0.29) is 29.9 Å². The summed E-state index contributed by atoms with van der Waals surface area (Å²) in [7, 11) is 1.82. The number of carbonyl (C=O) groups excluding carboxylic acids is 1. The molecule has 0 aromatic heterocycles. The molecule has 1 heterocycles. The Kier molecular flexibility index (Phi) is 9.24. The molecule has 0 aromatic rings. The maximum absolute atomic E-state index is 11.7. The number of guanidine groups is 1. The third kappa shape index (κ3) is 6.47. The van der Waals surface area contributed by atoms with Crippen LogP contribution in [0.25, 0.3) is 0 Å². The first-order valence-corrected chi connectivity index (χ1v) is 8.87. The zero-order chi connectivity index (χ0) is 15.9. The van der Waals surface area contributed by atoms with Gasteiger partial charge in [-0.15, -0.1) is 24.0 Å². The number of amides is 1. The van der Waals surface area contributed by atoms with Crippen LogP contribution < -0.4 is 10.6 Å². The smallest absolute Gasteiger partial charge is 0.222 e. The second kappa shape index (κ2) is 10.4. The van der Waals surface area contributed by atoms with Gasteiger partial charge in [0.1, 0.15) is 0 Å². The van der Waals surface area contributed by atoms with Gasteiger partial charge in [0.05, 0.1) is 0 Å². The molecule has 23 heavy (non-hydrogen) atoms. The van der Waals surface area contributed by atoms with E-state index in [4.69, 9.17) is 0 Å². The van der Waals surface area contributed by atoms with E-state index < -0.39 is 0 Å². The molecular weight excluding hydrogens is 403 g/mol. The number of nitrogens with one attached hydrogen (secondary N) is 2. The van der Waals surface area contributed by atoms with Gasteiger partial charge >= 0.3 is 0 Å². The quantitative estimate of drug-likeness (QED) is 0.405. The molecule has 1 aliphatic carbocycles. The molecule has 134 valence electrons. The van der Waals surface area contributed by atoms with E-state index in [9.17, 15) is 4.79 Å². The largest absolute Gasteiger partial charge is 0.356 e. The standard InChI is InChI=1S/C17H32N4O.HI/c1-4-16(22)21-10-9-15(12-21)20-17(18-3)19-11-14-7-5-13(2)6-8-14;/h13-15H,4-12H2,1-3H3,(H2,18,19,20);1H. The van der Waals surface area contributed by atoms with Gasteiger partial charge in [0.2, 0.25) is 5.91 Å². The van der Waals surface area contributed by atoms with Crippen LogP contribution in [0.1, 0.15) is 52.4 Å². The van der Waals surface area contributed by atoms with Crippen LogP contribution in [-0.2, 0) is 4.79 Å². The number of rotatable bonds is 4. The Morgan fingerprint density at radius 1 is 1.22 bits per heavy atom. The van der Waals surface area contributed by atoms with Gasteiger partial charge in [-0.1, -0.05) is 26.7 Å². The maximum Gasteiger partial charge on any atom is 0.222 e. The van der Waals surface area contributed by atoms with Crippen molar-refractivity contribution in [2.24, 2.45) is 16.8 Å². The molecule has 2 aliphatic rings. The summed E-state index contributed by atoms with van der Waals surface area (Å²) in [5, 5.41) is 6.94. The molecule has 0 aromatic carbocycles. The minimum absolute atomic E-state index is 0. The van der Waals surface area contributed by atoms with Gasteiger partial charge in [0, 0.05) is 39.1 Å². The Bertz CT molecular complexity index is 394. The molecule has 5 nitrogen and oxygen atoms in total. The average Bonchev–Trinajstić information content (AvgIpc) is 3.00. The lowest BCUT2D eigenvalue weighted by molar-refractivity contribution is -0.129. The van der Waals surface area contributed by atoms with Gasteiger partial charge in [-0.25, -0.2) is 0 Å². The Labute approximate surface area is 158 Å². The summed E-state index contributed by atoms with van der Waals surface area (Å²) in [5.41, 5.74) is 0. The first kappa shape index (κ1) is 20.5. The van der Waals surface area contributed by atoms with Crippen molar-refractivity contribution in [1.82, 2.24) is 15.5 Å². The predicted octanol–water partition coefficient (Wildman–Crippen LogP) is 2.61. The molecule has 2 fully saturated rings. The van der Waals surface area contributed by atoms with Crippen molar-refractivity contribution in [2.75, 3.05) is 26.7 Å².